The van der Waals surface area contributed by atoms with Gasteiger partial charge < -0.3 is 24.3 Å². The summed E-state index contributed by atoms with van der Waals surface area (Å²) < 4.78 is 21.3. The van der Waals surface area contributed by atoms with Crippen LogP contribution in [0.15, 0.2) is 0 Å². The zero-order valence-electron chi connectivity index (χ0n) is 15.4. The van der Waals surface area contributed by atoms with Crippen LogP contribution < -0.4 is 5.32 Å². The average molecular weight is 345 g/mol. The normalized spacial score (nSPS) is 20.9. The molecule has 0 unspecified atom stereocenters. The minimum Gasteiger partial charge on any atom is -0.379 e. The first kappa shape index (κ1) is 21.4. The molecule has 0 spiro atoms. The summed E-state index contributed by atoms with van der Waals surface area (Å²) in [6.45, 7) is 9.50. The molecular weight excluding hydrogens is 310 g/mol. The van der Waals surface area contributed by atoms with Crippen LogP contribution in [-0.2, 0) is 23.7 Å². The molecule has 0 aliphatic heterocycles. The molecule has 0 aromatic heterocycles. The van der Waals surface area contributed by atoms with Crippen molar-refractivity contribution in [2.45, 2.75) is 39.5 Å². The van der Waals surface area contributed by atoms with Gasteiger partial charge in [-0.05, 0) is 38.5 Å². The second-order valence-corrected chi connectivity index (χ2v) is 6.28. The smallest absolute Gasteiger partial charge is 0.223 e. The highest BCUT2D eigenvalue weighted by Crippen LogP contribution is 2.28. The van der Waals surface area contributed by atoms with E-state index in [4.69, 9.17) is 18.9 Å². The van der Waals surface area contributed by atoms with Crippen LogP contribution in [0.4, 0.5) is 0 Å². The Kier molecular flexibility index (Phi) is 13.0. The van der Waals surface area contributed by atoms with Gasteiger partial charge in [-0.25, -0.2) is 0 Å². The van der Waals surface area contributed by atoms with E-state index < -0.39 is 0 Å². The Labute approximate surface area is 146 Å². The molecule has 142 valence electrons. The second-order valence-electron chi connectivity index (χ2n) is 6.28. The fourth-order valence-corrected chi connectivity index (χ4v) is 2.72. The Morgan fingerprint density at radius 3 is 1.88 bits per heavy atom. The van der Waals surface area contributed by atoms with E-state index in [1.54, 1.807) is 0 Å². The Balaban J connectivity index is 1.79. The van der Waals surface area contributed by atoms with Crippen molar-refractivity contribution in [2.24, 2.45) is 11.8 Å². The van der Waals surface area contributed by atoms with Gasteiger partial charge >= 0.3 is 0 Å². The highest BCUT2D eigenvalue weighted by molar-refractivity contribution is 5.78. The van der Waals surface area contributed by atoms with Crippen LogP contribution >= 0.6 is 0 Å². The predicted molar refractivity (Wildman–Crippen MR) is 93.1 cm³/mol. The summed E-state index contributed by atoms with van der Waals surface area (Å²) in [6.07, 6.45) is 4.38. The third-order valence-corrected chi connectivity index (χ3v) is 4.25. The van der Waals surface area contributed by atoms with E-state index in [-0.39, 0.29) is 11.8 Å². The first-order chi connectivity index (χ1) is 11.7. The molecule has 0 atom stereocenters. The third-order valence-electron chi connectivity index (χ3n) is 4.25. The van der Waals surface area contributed by atoms with E-state index >= 15 is 0 Å². The molecule has 6 nitrogen and oxygen atoms in total. The molecule has 0 aromatic rings. The largest absolute Gasteiger partial charge is 0.379 e. The Hall–Kier alpha value is -0.690. The number of amides is 1. The molecular formula is C18H35NO5. The predicted octanol–water partition coefficient (Wildman–Crippen LogP) is 2.02. The molecule has 1 rings (SSSR count). The maximum absolute atomic E-state index is 12.0. The topological polar surface area (TPSA) is 66.0 Å². The molecule has 0 radical (unpaired) electrons. The number of hydrogen-bond donors (Lipinski definition) is 1. The Bertz CT molecular complexity index is 306. The number of carbonyl (C=O) groups excluding carboxylic acids is 1. The van der Waals surface area contributed by atoms with Gasteiger partial charge in [-0.15, -0.1) is 0 Å². The van der Waals surface area contributed by atoms with Crippen molar-refractivity contribution >= 4 is 5.91 Å². The fraction of sp³-hybridized carbons (Fsp3) is 0.944. The lowest BCUT2D eigenvalue weighted by molar-refractivity contribution is -0.126. The van der Waals surface area contributed by atoms with Crippen molar-refractivity contribution in [1.82, 2.24) is 5.32 Å². The second kappa shape index (κ2) is 14.6. The van der Waals surface area contributed by atoms with Gasteiger partial charge in [0, 0.05) is 19.1 Å². The Morgan fingerprint density at radius 2 is 1.33 bits per heavy atom. The molecule has 1 N–H and O–H groups in total. The van der Waals surface area contributed by atoms with Gasteiger partial charge in [-0.3, -0.25) is 4.79 Å². The quantitative estimate of drug-likeness (QED) is 0.488. The van der Waals surface area contributed by atoms with E-state index in [2.05, 4.69) is 12.2 Å². The first-order valence-electron chi connectivity index (χ1n) is 9.32. The number of carbonyl (C=O) groups is 1. The summed E-state index contributed by atoms with van der Waals surface area (Å²) in [7, 11) is 0. The highest BCUT2D eigenvalue weighted by Gasteiger charge is 2.23. The minimum atomic E-state index is 0.186. The lowest BCUT2D eigenvalue weighted by Gasteiger charge is -2.25. The van der Waals surface area contributed by atoms with E-state index in [9.17, 15) is 4.79 Å². The van der Waals surface area contributed by atoms with Crippen molar-refractivity contribution in [3.8, 4) is 0 Å². The summed E-state index contributed by atoms with van der Waals surface area (Å²) >= 11 is 0. The monoisotopic (exact) mass is 345 g/mol. The highest BCUT2D eigenvalue weighted by atomic mass is 16.6. The van der Waals surface area contributed by atoms with Crippen LogP contribution in [0.5, 0.6) is 0 Å². The van der Waals surface area contributed by atoms with Gasteiger partial charge in [0.05, 0.1) is 46.2 Å². The van der Waals surface area contributed by atoms with Crippen LogP contribution in [0.25, 0.3) is 0 Å². The lowest BCUT2D eigenvalue weighted by atomic mass is 9.82. The molecule has 24 heavy (non-hydrogen) atoms. The lowest BCUT2D eigenvalue weighted by Crippen LogP contribution is -2.35. The third kappa shape index (κ3) is 11.0. The number of hydrogen-bond acceptors (Lipinski definition) is 5. The zero-order valence-corrected chi connectivity index (χ0v) is 15.4. The molecule has 1 saturated carbocycles. The average Bonchev–Trinajstić information content (AvgIpc) is 2.59. The molecule has 6 heteroatoms. The first-order valence-corrected chi connectivity index (χ1v) is 9.32. The summed E-state index contributed by atoms with van der Waals surface area (Å²) in [5.41, 5.74) is 0. The van der Waals surface area contributed by atoms with Crippen LogP contribution in [0.1, 0.15) is 39.5 Å². The molecule has 0 heterocycles. The summed E-state index contributed by atoms with van der Waals surface area (Å²) in [5.74, 6) is 1.16. The van der Waals surface area contributed by atoms with Gasteiger partial charge in [0.2, 0.25) is 5.91 Å². The summed E-state index contributed by atoms with van der Waals surface area (Å²) in [4.78, 5) is 12.0. The molecule has 0 bridgehead atoms. The Morgan fingerprint density at radius 1 is 0.833 bits per heavy atom. The van der Waals surface area contributed by atoms with Gasteiger partial charge in [0.1, 0.15) is 0 Å². The van der Waals surface area contributed by atoms with Crippen molar-refractivity contribution in [2.75, 3.05) is 59.4 Å². The molecule has 1 amide bonds. The van der Waals surface area contributed by atoms with E-state index in [1.165, 1.54) is 12.8 Å². The standard InChI is InChI=1S/C18H35NO5/c1-3-21-10-11-23-14-15-24-13-12-22-9-8-19-18(20)17-6-4-16(2)5-7-17/h16-17H,3-15H2,1-2H3,(H,19,20). The molecule has 1 fully saturated rings. The van der Waals surface area contributed by atoms with Crippen LogP contribution in [-0.4, -0.2) is 65.3 Å². The minimum absolute atomic E-state index is 0.186. The van der Waals surface area contributed by atoms with Gasteiger partial charge in [-0.2, -0.15) is 0 Å². The van der Waals surface area contributed by atoms with Crippen molar-refractivity contribution < 1.29 is 23.7 Å². The van der Waals surface area contributed by atoms with Crippen LogP contribution in [0.2, 0.25) is 0 Å². The van der Waals surface area contributed by atoms with Crippen molar-refractivity contribution in [1.29, 1.82) is 0 Å². The number of nitrogens with one attached hydrogen (secondary N) is 1. The van der Waals surface area contributed by atoms with E-state index in [0.717, 1.165) is 25.4 Å². The molecule has 1 aliphatic carbocycles. The van der Waals surface area contributed by atoms with Crippen molar-refractivity contribution in [3.63, 3.8) is 0 Å². The van der Waals surface area contributed by atoms with Gasteiger partial charge in [0.25, 0.3) is 0 Å². The summed E-state index contributed by atoms with van der Waals surface area (Å²) in [5, 5.41) is 2.97. The van der Waals surface area contributed by atoms with Gasteiger partial charge in [0.15, 0.2) is 0 Å². The maximum atomic E-state index is 12.0. The number of rotatable bonds is 14. The SMILES string of the molecule is CCOCCOCCOCCOCCNC(=O)C1CCC(C)CC1. The maximum Gasteiger partial charge on any atom is 0.223 e. The van der Waals surface area contributed by atoms with Gasteiger partial charge in [-0.1, -0.05) is 6.92 Å². The summed E-state index contributed by atoms with van der Waals surface area (Å²) in [6, 6.07) is 0. The van der Waals surface area contributed by atoms with E-state index in [1.807, 2.05) is 6.92 Å². The molecule has 0 saturated heterocycles. The van der Waals surface area contributed by atoms with Crippen molar-refractivity contribution in [3.05, 3.63) is 0 Å². The van der Waals surface area contributed by atoms with E-state index in [0.29, 0.717) is 52.8 Å². The molecule has 0 aromatic carbocycles. The van der Waals surface area contributed by atoms with Crippen LogP contribution in [0, 0.1) is 11.8 Å². The zero-order chi connectivity index (χ0) is 17.5. The fourth-order valence-electron chi connectivity index (χ4n) is 2.72. The molecule has 1 aliphatic rings. The number of ether oxygens (including phenoxy) is 4. The van der Waals surface area contributed by atoms with Crippen LogP contribution in [0.3, 0.4) is 0 Å².